The Hall–Kier alpha value is -2.96. The van der Waals surface area contributed by atoms with Crippen LogP contribution in [0.5, 0.6) is 11.6 Å². The number of aryl methyl sites for hydroxylation is 1. The summed E-state index contributed by atoms with van der Waals surface area (Å²) in [5, 5.41) is 10.7. The fourth-order valence-corrected chi connectivity index (χ4v) is 1.68. The van der Waals surface area contributed by atoms with Crippen LogP contribution >= 0.6 is 0 Å². The van der Waals surface area contributed by atoms with E-state index in [1.165, 1.54) is 43.6 Å². The van der Waals surface area contributed by atoms with Crippen molar-refractivity contribution in [3.63, 3.8) is 0 Å². The minimum atomic E-state index is -0.498. The number of hydrogen-bond donors (Lipinski definition) is 0. The van der Waals surface area contributed by atoms with E-state index < -0.39 is 10.9 Å². The van der Waals surface area contributed by atoms with Gasteiger partial charge in [-0.3, -0.25) is 10.1 Å². The first-order chi connectivity index (χ1) is 10.0. The van der Waals surface area contributed by atoms with Gasteiger partial charge in [0.2, 0.25) is 5.88 Å². The number of ether oxygens (including phenoxy) is 2. The van der Waals surface area contributed by atoms with Crippen molar-refractivity contribution in [2.45, 2.75) is 6.92 Å². The zero-order chi connectivity index (χ0) is 15.4. The lowest BCUT2D eigenvalue weighted by molar-refractivity contribution is -0.384. The fourth-order valence-electron chi connectivity index (χ4n) is 1.68. The van der Waals surface area contributed by atoms with Crippen LogP contribution in [-0.4, -0.2) is 23.0 Å². The van der Waals surface area contributed by atoms with Crippen molar-refractivity contribution < 1.29 is 19.2 Å². The Balaban J connectivity index is 2.26. The lowest BCUT2D eigenvalue weighted by Crippen LogP contribution is -2.02. The summed E-state index contributed by atoms with van der Waals surface area (Å²) in [6.45, 7) is 1.69. The van der Waals surface area contributed by atoms with Gasteiger partial charge in [-0.15, -0.1) is 0 Å². The van der Waals surface area contributed by atoms with Gasteiger partial charge < -0.3 is 9.47 Å². The van der Waals surface area contributed by atoms with Gasteiger partial charge in [0.25, 0.3) is 5.69 Å². The van der Waals surface area contributed by atoms with Gasteiger partial charge in [0.15, 0.2) is 0 Å². The molecule has 21 heavy (non-hydrogen) atoms. The lowest BCUT2D eigenvalue weighted by atomic mass is 10.2. The summed E-state index contributed by atoms with van der Waals surface area (Å²) in [5.41, 5.74) is 0.882. The Labute approximate surface area is 120 Å². The first kappa shape index (κ1) is 14.4. The molecule has 0 aliphatic carbocycles. The summed E-state index contributed by atoms with van der Waals surface area (Å²) in [6.07, 6.45) is 1.42. The molecule has 1 aromatic carbocycles. The molecule has 1 aromatic heterocycles. The van der Waals surface area contributed by atoms with Crippen LogP contribution in [0, 0.1) is 17.0 Å². The number of nitrogens with zero attached hydrogens (tertiary/aromatic N) is 2. The van der Waals surface area contributed by atoms with Gasteiger partial charge in [-0.25, -0.2) is 9.78 Å². The highest BCUT2D eigenvalue weighted by molar-refractivity contribution is 5.89. The van der Waals surface area contributed by atoms with Gasteiger partial charge in [-0.1, -0.05) is 0 Å². The molecule has 7 nitrogen and oxygen atoms in total. The van der Waals surface area contributed by atoms with Gasteiger partial charge in [0, 0.05) is 24.4 Å². The summed E-state index contributed by atoms with van der Waals surface area (Å²) < 4.78 is 10.1. The second-order valence-electron chi connectivity index (χ2n) is 4.18. The molecule has 0 radical (unpaired) electrons. The third-order valence-corrected chi connectivity index (χ3v) is 2.74. The normalized spacial score (nSPS) is 10.0. The predicted molar refractivity (Wildman–Crippen MR) is 73.5 cm³/mol. The monoisotopic (exact) mass is 288 g/mol. The molecule has 108 valence electrons. The smallest absolute Gasteiger partial charge is 0.338 e. The summed E-state index contributed by atoms with van der Waals surface area (Å²) >= 11 is 0. The summed E-state index contributed by atoms with van der Waals surface area (Å²) in [4.78, 5) is 25.6. The second-order valence-corrected chi connectivity index (χ2v) is 4.18. The van der Waals surface area contributed by atoms with Gasteiger partial charge >= 0.3 is 5.97 Å². The highest BCUT2D eigenvalue weighted by atomic mass is 16.6. The van der Waals surface area contributed by atoms with E-state index in [0.29, 0.717) is 16.9 Å². The number of rotatable bonds is 4. The molecule has 0 atom stereocenters. The maximum absolute atomic E-state index is 11.4. The molecule has 0 amide bonds. The van der Waals surface area contributed by atoms with E-state index in [-0.39, 0.29) is 11.6 Å². The molecule has 0 fully saturated rings. The van der Waals surface area contributed by atoms with Gasteiger partial charge in [-0.05, 0) is 24.6 Å². The largest absolute Gasteiger partial charge is 0.465 e. The Morgan fingerprint density at radius 2 is 2.05 bits per heavy atom. The van der Waals surface area contributed by atoms with Crippen molar-refractivity contribution in [1.82, 2.24) is 4.98 Å². The second kappa shape index (κ2) is 6.00. The third kappa shape index (κ3) is 3.33. The van der Waals surface area contributed by atoms with Crippen LogP contribution in [0.1, 0.15) is 15.9 Å². The topological polar surface area (TPSA) is 91.6 Å². The first-order valence-electron chi connectivity index (χ1n) is 5.98. The molecule has 0 saturated heterocycles. The van der Waals surface area contributed by atoms with Crippen molar-refractivity contribution in [2.75, 3.05) is 7.11 Å². The summed E-state index contributed by atoms with van der Waals surface area (Å²) in [5.74, 6) is 0.132. The molecule has 2 aromatic rings. The number of carbonyl (C=O) groups is 1. The summed E-state index contributed by atoms with van der Waals surface area (Å²) in [6, 6.07) is 7.17. The van der Waals surface area contributed by atoms with Crippen LogP contribution < -0.4 is 4.74 Å². The zero-order valence-electron chi connectivity index (χ0n) is 11.4. The van der Waals surface area contributed by atoms with Crippen LogP contribution in [-0.2, 0) is 4.74 Å². The molecule has 0 N–H and O–H groups in total. The van der Waals surface area contributed by atoms with E-state index in [9.17, 15) is 14.9 Å². The van der Waals surface area contributed by atoms with Crippen LogP contribution in [0.4, 0.5) is 5.69 Å². The minimum Gasteiger partial charge on any atom is -0.465 e. The van der Waals surface area contributed by atoms with E-state index in [1.54, 1.807) is 6.92 Å². The van der Waals surface area contributed by atoms with E-state index in [2.05, 4.69) is 9.72 Å². The molecule has 7 heteroatoms. The van der Waals surface area contributed by atoms with E-state index in [4.69, 9.17) is 4.74 Å². The number of benzene rings is 1. The molecule has 0 aliphatic rings. The van der Waals surface area contributed by atoms with Crippen molar-refractivity contribution >= 4 is 11.7 Å². The molecule has 0 bridgehead atoms. The van der Waals surface area contributed by atoms with E-state index in [1.807, 2.05) is 0 Å². The van der Waals surface area contributed by atoms with E-state index in [0.717, 1.165) is 0 Å². The average molecular weight is 288 g/mol. The maximum Gasteiger partial charge on any atom is 0.338 e. The highest BCUT2D eigenvalue weighted by Gasteiger charge is 2.11. The van der Waals surface area contributed by atoms with Crippen LogP contribution in [0.3, 0.4) is 0 Å². The number of nitro benzene ring substituents is 1. The van der Waals surface area contributed by atoms with Gasteiger partial charge in [0.05, 0.1) is 17.6 Å². The molecule has 1 heterocycles. The SMILES string of the molecule is COC(=O)c1ccnc(Oc2ccc([N+](=O)[O-])cc2C)c1. The molecule has 0 saturated carbocycles. The molecular weight excluding hydrogens is 276 g/mol. The van der Waals surface area contributed by atoms with Crippen molar-refractivity contribution in [3.05, 3.63) is 57.8 Å². The lowest BCUT2D eigenvalue weighted by Gasteiger charge is -2.08. The number of carbonyl (C=O) groups excluding carboxylic acids is 1. The van der Waals surface area contributed by atoms with Crippen LogP contribution in [0.15, 0.2) is 36.5 Å². The molecule has 0 spiro atoms. The molecular formula is C14H12N2O5. The molecule has 0 aliphatic heterocycles. The van der Waals surface area contributed by atoms with Gasteiger partial charge in [0.1, 0.15) is 5.75 Å². The number of esters is 1. The van der Waals surface area contributed by atoms with Crippen molar-refractivity contribution in [1.29, 1.82) is 0 Å². The number of pyridine rings is 1. The standard InChI is InChI=1S/C14H12N2O5/c1-9-7-11(16(18)19)3-4-12(9)21-13-8-10(5-6-15-13)14(17)20-2/h3-8H,1-2H3. The summed E-state index contributed by atoms with van der Waals surface area (Å²) in [7, 11) is 1.28. The highest BCUT2D eigenvalue weighted by Crippen LogP contribution is 2.27. The number of aromatic nitrogens is 1. The first-order valence-corrected chi connectivity index (χ1v) is 5.98. The molecule has 2 rings (SSSR count). The quantitative estimate of drug-likeness (QED) is 0.488. The van der Waals surface area contributed by atoms with Gasteiger partial charge in [-0.2, -0.15) is 0 Å². The average Bonchev–Trinajstić information content (AvgIpc) is 2.48. The number of nitro groups is 1. The zero-order valence-corrected chi connectivity index (χ0v) is 11.4. The Morgan fingerprint density at radius 1 is 1.29 bits per heavy atom. The van der Waals surface area contributed by atoms with Crippen LogP contribution in [0.2, 0.25) is 0 Å². The number of non-ortho nitro benzene ring substituents is 1. The minimum absolute atomic E-state index is 0.0175. The maximum atomic E-state index is 11.4. The van der Waals surface area contributed by atoms with Crippen LogP contribution in [0.25, 0.3) is 0 Å². The Bertz CT molecular complexity index is 700. The fraction of sp³-hybridized carbons (Fsp3) is 0.143. The number of hydrogen-bond acceptors (Lipinski definition) is 6. The van der Waals surface area contributed by atoms with E-state index >= 15 is 0 Å². The van der Waals surface area contributed by atoms with Crippen molar-refractivity contribution in [2.24, 2.45) is 0 Å². The Kier molecular flexibility index (Phi) is 4.13. The molecule has 0 unspecified atom stereocenters. The number of methoxy groups -OCH3 is 1. The third-order valence-electron chi connectivity index (χ3n) is 2.74. The van der Waals surface area contributed by atoms with Crippen molar-refractivity contribution in [3.8, 4) is 11.6 Å². The Morgan fingerprint density at radius 3 is 2.67 bits per heavy atom. The predicted octanol–water partition coefficient (Wildman–Crippen LogP) is 2.88.